The van der Waals surface area contributed by atoms with E-state index >= 15 is 0 Å². The van der Waals surface area contributed by atoms with Crippen molar-refractivity contribution in [2.75, 3.05) is 0 Å². The smallest absolute Gasteiger partial charge is 0.354 e. The number of hydrogen-bond acceptors (Lipinski definition) is 3. The summed E-state index contributed by atoms with van der Waals surface area (Å²) >= 11 is 0. The zero-order valence-corrected chi connectivity index (χ0v) is 10.2. The van der Waals surface area contributed by atoms with Gasteiger partial charge in [-0.15, -0.1) is 0 Å². The predicted octanol–water partition coefficient (Wildman–Crippen LogP) is 2.63. The van der Waals surface area contributed by atoms with Crippen LogP contribution in [0.2, 0.25) is 0 Å². The minimum atomic E-state index is -1.05. The van der Waals surface area contributed by atoms with Gasteiger partial charge < -0.3 is 10.1 Å². The van der Waals surface area contributed by atoms with Crippen LogP contribution >= 0.6 is 0 Å². The quantitative estimate of drug-likeness (QED) is 0.735. The van der Waals surface area contributed by atoms with Crippen molar-refractivity contribution in [1.82, 2.24) is 15.0 Å². The molecule has 5 nitrogen and oxygen atoms in total. The topological polar surface area (TPSA) is 78.9 Å². The fourth-order valence-corrected chi connectivity index (χ4v) is 2.10. The fourth-order valence-electron chi connectivity index (χ4n) is 2.10. The molecule has 94 valence electrons. The van der Waals surface area contributed by atoms with Gasteiger partial charge in [0, 0.05) is 22.7 Å². The third-order valence-electron chi connectivity index (χ3n) is 2.92. The van der Waals surface area contributed by atoms with Gasteiger partial charge in [-0.25, -0.2) is 14.8 Å². The number of benzene rings is 1. The lowest BCUT2D eigenvalue weighted by Gasteiger charge is -2.02. The Morgan fingerprint density at radius 3 is 2.84 bits per heavy atom. The first-order valence-corrected chi connectivity index (χ1v) is 5.80. The normalized spacial score (nSPS) is 10.8. The van der Waals surface area contributed by atoms with Crippen LogP contribution in [0.3, 0.4) is 0 Å². The second kappa shape index (κ2) is 4.20. The van der Waals surface area contributed by atoms with Gasteiger partial charge in [0.25, 0.3) is 0 Å². The van der Waals surface area contributed by atoms with Crippen LogP contribution in [0.1, 0.15) is 16.3 Å². The molecule has 1 aromatic carbocycles. The van der Waals surface area contributed by atoms with E-state index in [9.17, 15) is 4.79 Å². The van der Waals surface area contributed by atoms with Gasteiger partial charge in [0.05, 0.1) is 5.69 Å². The van der Waals surface area contributed by atoms with Gasteiger partial charge >= 0.3 is 5.97 Å². The van der Waals surface area contributed by atoms with Crippen LogP contribution < -0.4 is 0 Å². The lowest BCUT2D eigenvalue weighted by Crippen LogP contribution is -2.04. The summed E-state index contributed by atoms with van der Waals surface area (Å²) in [6.07, 6.45) is 1.83. The number of rotatable bonds is 2. The van der Waals surface area contributed by atoms with Crippen LogP contribution in [0, 0.1) is 6.92 Å². The Hall–Kier alpha value is -2.69. The van der Waals surface area contributed by atoms with Gasteiger partial charge in [0.15, 0.2) is 5.69 Å². The number of aromatic nitrogens is 3. The number of fused-ring (bicyclic) bond motifs is 1. The number of H-pyrrole nitrogens is 1. The van der Waals surface area contributed by atoms with E-state index in [1.54, 1.807) is 6.92 Å². The summed E-state index contributed by atoms with van der Waals surface area (Å²) < 4.78 is 0. The Bertz CT molecular complexity index is 777. The summed E-state index contributed by atoms with van der Waals surface area (Å²) in [5.41, 5.74) is 2.49. The van der Waals surface area contributed by atoms with Crippen LogP contribution in [0.25, 0.3) is 22.2 Å². The van der Waals surface area contributed by atoms with E-state index < -0.39 is 5.97 Å². The number of aromatic carboxylic acids is 1. The molecule has 2 N–H and O–H groups in total. The van der Waals surface area contributed by atoms with Gasteiger partial charge in [-0.1, -0.05) is 18.2 Å². The lowest BCUT2D eigenvalue weighted by molar-refractivity contribution is 0.0690. The average molecular weight is 253 g/mol. The van der Waals surface area contributed by atoms with E-state index in [0.29, 0.717) is 11.5 Å². The second-order valence-corrected chi connectivity index (χ2v) is 4.24. The number of nitrogens with one attached hydrogen (secondary N) is 1. The number of para-hydroxylation sites is 1. The molecule has 0 atom stereocenters. The van der Waals surface area contributed by atoms with E-state index in [2.05, 4.69) is 15.0 Å². The van der Waals surface area contributed by atoms with Crippen molar-refractivity contribution in [3.8, 4) is 11.3 Å². The number of nitrogens with zero attached hydrogens (tertiary/aromatic N) is 2. The molecule has 0 fully saturated rings. The highest BCUT2D eigenvalue weighted by Gasteiger charge is 2.12. The Morgan fingerprint density at radius 1 is 1.26 bits per heavy atom. The number of aryl methyl sites for hydroxylation is 1. The molecule has 0 unspecified atom stereocenters. The predicted molar refractivity (Wildman–Crippen MR) is 71.0 cm³/mol. The highest BCUT2D eigenvalue weighted by Crippen LogP contribution is 2.27. The summed E-state index contributed by atoms with van der Waals surface area (Å²) in [5.74, 6) is -0.605. The number of hydrogen-bond donors (Lipinski definition) is 2. The highest BCUT2D eigenvalue weighted by atomic mass is 16.4. The molecule has 0 aliphatic heterocycles. The maximum absolute atomic E-state index is 11.0. The summed E-state index contributed by atoms with van der Waals surface area (Å²) in [5, 5.41) is 10.1. The van der Waals surface area contributed by atoms with Crippen LogP contribution in [0.4, 0.5) is 0 Å². The molecule has 0 aliphatic rings. The number of carboxylic acid groups (broad SMARTS) is 1. The van der Waals surface area contributed by atoms with Crippen molar-refractivity contribution in [3.05, 3.63) is 48.0 Å². The minimum absolute atomic E-state index is 0.00720. The summed E-state index contributed by atoms with van der Waals surface area (Å²) in [4.78, 5) is 22.4. The molecule has 0 saturated heterocycles. The van der Waals surface area contributed by atoms with Crippen molar-refractivity contribution >= 4 is 16.9 Å². The van der Waals surface area contributed by atoms with Crippen molar-refractivity contribution in [2.45, 2.75) is 6.92 Å². The molecular weight excluding hydrogens is 242 g/mol. The number of carboxylic acids is 1. The second-order valence-electron chi connectivity index (χ2n) is 4.24. The summed E-state index contributed by atoms with van der Waals surface area (Å²) in [6, 6.07) is 9.30. The molecule has 0 spiro atoms. The van der Waals surface area contributed by atoms with Gasteiger partial charge in [-0.05, 0) is 19.1 Å². The number of aromatic amines is 1. The zero-order chi connectivity index (χ0) is 13.4. The molecule has 2 aromatic heterocycles. The Morgan fingerprint density at radius 2 is 2.05 bits per heavy atom. The Kier molecular flexibility index (Phi) is 2.52. The van der Waals surface area contributed by atoms with Crippen molar-refractivity contribution in [1.29, 1.82) is 0 Å². The molecule has 3 aromatic rings. The van der Waals surface area contributed by atoms with Gasteiger partial charge in [-0.2, -0.15) is 0 Å². The van der Waals surface area contributed by atoms with Crippen molar-refractivity contribution in [2.24, 2.45) is 0 Å². The van der Waals surface area contributed by atoms with Crippen molar-refractivity contribution < 1.29 is 9.90 Å². The van der Waals surface area contributed by atoms with Gasteiger partial charge in [0.1, 0.15) is 5.82 Å². The van der Waals surface area contributed by atoms with Crippen molar-refractivity contribution in [3.63, 3.8) is 0 Å². The molecule has 5 heteroatoms. The van der Waals surface area contributed by atoms with E-state index in [1.807, 2.05) is 30.5 Å². The first kappa shape index (κ1) is 11.4. The molecule has 0 amide bonds. The third-order valence-corrected chi connectivity index (χ3v) is 2.92. The average Bonchev–Trinajstić information content (AvgIpc) is 2.81. The molecule has 0 bridgehead atoms. The van der Waals surface area contributed by atoms with Gasteiger partial charge in [0.2, 0.25) is 0 Å². The fraction of sp³-hybridized carbons (Fsp3) is 0.0714. The Balaban J connectivity index is 2.24. The molecular formula is C14H11N3O2. The maximum Gasteiger partial charge on any atom is 0.354 e. The molecule has 0 aliphatic carbocycles. The maximum atomic E-state index is 11.0. The third kappa shape index (κ3) is 1.95. The van der Waals surface area contributed by atoms with E-state index in [0.717, 1.165) is 16.5 Å². The first-order chi connectivity index (χ1) is 9.15. The lowest BCUT2D eigenvalue weighted by atomic mass is 10.1. The molecule has 3 rings (SSSR count). The van der Waals surface area contributed by atoms with Crippen LogP contribution in [-0.4, -0.2) is 26.0 Å². The van der Waals surface area contributed by atoms with E-state index in [-0.39, 0.29) is 5.69 Å². The Labute approximate surface area is 109 Å². The van der Waals surface area contributed by atoms with E-state index in [4.69, 9.17) is 5.11 Å². The number of carbonyl (C=O) groups is 1. The molecule has 0 saturated carbocycles. The molecule has 19 heavy (non-hydrogen) atoms. The first-order valence-electron chi connectivity index (χ1n) is 5.80. The standard InChI is InChI=1S/C14H11N3O2/c1-8-16-12(6-13(17-8)14(18)19)10-7-15-11-5-3-2-4-9(10)11/h2-7,15H,1H3,(H,18,19). The minimum Gasteiger partial charge on any atom is -0.477 e. The molecule has 0 radical (unpaired) electrons. The summed E-state index contributed by atoms with van der Waals surface area (Å²) in [7, 11) is 0. The van der Waals surface area contributed by atoms with Crippen LogP contribution in [0.5, 0.6) is 0 Å². The van der Waals surface area contributed by atoms with Gasteiger partial charge in [-0.3, -0.25) is 0 Å². The van der Waals surface area contributed by atoms with E-state index in [1.165, 1.54) is 6.07 Å². The largest absolute Gasteiger partial charge is 0.477 e. The highest BCUT2D eigenvalue weighted by molar-refractivity contribution is 5.95. The van der Waals surface area contributed by atoms with Crippen LogP contribution in [-0.2, 0) is 0 Å². The SMILES string of the molecule is Cc1nc(C(=O)O)cc(-c2c[nH]c3ccccc23)n1. The monoisotopic (exact) mass is 253 g/mol. The summed E-state index contributed by atoms with van der Waals surface area (Å²) in [6.45, 7) is 1.69. The zero-order valence-electron chi connectivity index (χ0n) is 10.2. The van der Waals surface area contributed by atoms with Crippen LogP contribution in [0.15, 0.2) is 36.5 Å². The molecule has 2 heterocycles.